The Hall–Kier alpha value is -2.34. The second kappa shape index (κ2) is 8.67. The fourth-order valence-electron chi connectivity index (χ4n) is 2.75. The summed E-state index contributed by atoms with van der Waals surface area (Å²) in [5, 5.41) is 15.0. The van der Waals surface area contributed by atoms with E-state index in [0.717, 1.165) is 6.42 Å². The van der Waals surface area contributed by atoms with Crippen LogP contribution in [0.4, 0.5) is 11.4 Å². The summed E-state index contributed by atoms with van der Waals surface area (Å²) in [6.45, 7) is 1.91. The summed E-state index contributed by atoms with van der Waals surface area (Å²) in [6.07, 6.45) is 5.42. The Bertz CT molecular complexity index is 702. The Balaban J connectivity index is 2.13. The van der Waals surface area contributed by atoms with Crippen LogP contribution in [-0.4, -0.2) is 22.9 Å². The molecule has 2 rings (SSSR count). The third-order valence-corrected chi connectivity index (χ3v) is 4.40. The number of anilines is 2. The summed E-state index contributed by atoms with van der Waals surface area (Å²) in [5.41, 5.74) is 0.871. The molecule has 1 aromatic carbocycles. The number of carboxylic acids is 1. The lowest BCUT2D eigenvalue weighted by Crippen LogP contribution is -2.34. The summed E-state index contributed by atoms with van der Waals surface area (Å²) in [5.74, 6) is -2.91. The second-order valence-corrected chi connectivity index (χ2v) is 6.38. The third kappa shape index (κ3) is 5.06. The number of carbonyl (C=O) groups is 3. The molecular weight excluding hydrogens is 344 g/mol. The summed E-state index contributed by atoms with van der Waals surface area (Å²) in [6, 6.07) is 4.80. The highest BCUT2D eigenvalue weighted by Gasteiger charge is 2.34. The van der Waals surface area contributed by atoms with Crippen LogP contribution in [0.5, 0.6) is 0 Å². The van der Waals surface area contributed by atoms with Crippen molar-refractivity contribution in [1.82, 2.24) is 0 Å². The summed E-state index contributed by atoms with van der Waals surface area (Å²) >= 11 is 6.12. The number of allylic oxidation sites excluding steroid dienone is 2. The Morgan fingerprint density at radius 3 is 2.48 bits per heavy atom. The topological polar surface area (TPSA) is 95.5 Å². The molecule has 1 aromatic rings. The molecule has 3 N–H and O–H groups in total. The van der Waals surface area contributed by atoms with E-state index in [9.17, 15) is 19.5 Å². The van der Waals surface area contributed by atoms with E-state index < -0.39 is 23.7 Å². The maximum Gasteiger partial charge on any atom is 0.307 e. The van der Waals surface area contributed by atoms with Crippen LogP contribution in [0.3, 0.4) is 0 Å². The fourth-order valence-corrected chi connectivity index (χ4v) is 2.92. The van der Waals surface area contributed by atoms with Crippen LogP contribution in [0, 0.1) is 11.8 Å². The molecule has 7 heteroatoms. The van der Waals surface area contributed by atoms with E-state index in [-0.39, 0.29) is 5.91 Å². The van der Waals surface area contributed by atoms with Crippen LogP contribution >= 0.6 is 11.6 Å². The quantitative estimate of drug-likeness (QED) is 0.671. The number of rotatable bonds is 6. The minimum Gasteiger partial charge on any atom is -0.481 e. The van der Waals surface area contributed by atoms with E-state index in [2.05, 4.69) is 10.6 Å². The molecule has 134 valence electrons. The molecule has 0 spiro atoms. The number of nitrogens with one attached hydrogen (secondary N) is 2. The normalized spacial score (nSPS) is 19.3. The van der Waals surface area contributed by atoms with Crippen LogP contribution in [0.15, 0.2) is 30.4 Å². The van der Waals surface area contributed by atoms with Gasteiger partial charge in [-0.15, -0.1) is 0 Å². The van der Waals surface area contributed by atoms with Gasteiger partial charge in [-0.2, -0.15) is 0 Å². The van der Waals surface area contributed by atoms with E-state index in [4.69, 9.17) is 11.6 Å². The van der Waals surface area contributed by atoms with Gasteiger partial charge in [0.25, 0.3) is 0 Å². The molecule has 0 unspecified atom stereocenters. The number of carbonyl (C=O) groups excluding carboxylic acids is 2. The molecule has 2 atom stereocenters. The molecule has 6 nitrogen and oxygen atoms in total. The number of aliphatic carboxylic acids is 1. The van der Waals surface area contributed by atoms with Gasteiger partial charge in [0.1, 0.15) is 0 Å². The van der Waals surface area contributed by atoms with E-state index in [1.54, 1.807) is 24.3 Å². The zero-order chi connectivity index (χ0) is 18.4. The highest BCUT2D eigenvalue weighted by atomic mass is 35.5. The van der Waals surface area contributed by atoms with Gasteiger partial charge >= 0.3 is 5.97 Å². The third-order valence-electron chi connectivity index (χ3n) is 4.07. The molecule has 0 aliphatic heterocycles. The molecule has 2 amide bonds. The first-order chi connectivity index (χ1) is 11.9. The molecule has 0 saturated heterocycles. The van der Waals surface area contributed by atoms with Gasteiger partial charge < -0.3 is 15.7 Å². The molecule has 0 radical (unpaired) electrons. The van der Waals surface area contributed by atoms with Gasteiger partial charge in [-0.25, -0.2) is 0 Å². The first-order valence-electron chi connectivity index (χ1n) is 8.20. The average Bonchev–Trinajstić information content (AvgIpc) is 2.58. The number of amides is 2. The molecule has 0 aromatic heterocycles. The van der Waals surface area contributed by atoms with Crippen LogP contribution in [-0.2, 0) is 14.4 Å². The van der Waals surface area contributed by atoms with Gasteiger partial charge in [-0.05, 0) is 37.5 Å². The Kier molecular flexibility index (Phi) is 6.58. The van der Waals surface area contributed by atoms with Crippen molar-refractivity contribution in [3.63, 3.8) is 0 Å². The molecule has 0 heterocycles. The average molecular weight is 365 g/mol. The van der Waals surface area contributed by atoms with Gasteiger partial charge in [0, 0.05) is 12.1 Å². The second-order valence-electron chi connectivity index (χ2n) is 5.98. The van der Waals surface area contributed by atoms with Gasteiger partial charge in [-0.1, -0.05) is 30.7 Å². The molecule has 0 fully saturated rings. The number of halogens is 1. The summed E-state index contributed by atoms with van der Waals surface area (Å²) in [7, 11) is 0. The summed E-state index contributed by atoms with van der Waals surface area (Å²) in [4.78, 5) is 35.5. The monoisotopic (exact) mass is 364 g/mol. The van der Waals surface area contributed by atoms with Crippen molar-refractivity contribution in [2.75, 3.05) is 10.6 Å². The molecule has 1 aliphatic carbocycles. The van der Waals surface area contributed by atoms with Crippen molar-refractivity contribution in [1.29, 1.82) is 0 Å². The summed E-state index contributed by atoms with van der Waals surface area (Å²) < 4.78 is 0. The minimum absolute atomic E-state index is 0.120. The molecule has 25 heavy (non-hydrogen) atoms. The maximum atomic E-state index is 12.5. The zero-order valence-corrected chi connectivity index (χ0v) is 14.7. The van der Waals surface area contributed by atoms with E-state index in [1.807, 2.05) is 13.0 Å². The number of carboxylic acid groups (broad SMARTS) is 1. The number of hydrogen-bond acceptors (Lipinski definition) is 3. The Morgan fingerprint density at radius 1 is 1.16 bits per heavy atom. The van der Waals surface area contributed by atoms with Crippen molar-refractivity contribution in [3.8, 4) is 0 Å². The van der Waals surface area contributed by atoms with Crippen LogP contribution < -0.4 is 10.6 Å². The fraction of sp³-hybridized carbons (Fsp3) is 0.389. The highest BCUT2D eigenvalue weighted by Crippen LogP contribution is 2.30. The molecular formula is C18H21ClN2O4. The lowest BCUT2D eigenvalue weighted by atomic mass is 9.82. The Labute approximate surface area is 151 Å². The SMILES string of the molecule is CCCC(=O)Nc1ccc(Cl)c(NC(=O)[C@@H]2CC=CC[C@@H]2C(=O)O)c1. The first kappa shape index (κ1) is 19.0. The predicted molar refractivity (Wildman–Crippen MR) is 96.6 cm³/mol. The maximum absolute atomic E-state index is 12.5. The standard InChI is InChI=1S/C18H21ClN2O4/c1-2-5-16(22)20-11-8-9-14(19)15(10-11)21-17(23)12-6-3-4-7-13(12)18(24)25/h3-4,8-10,12-13H,2,5-7H2,1H3,(H,20,22)(H,21,23)(H,24,25)/t12-,13+/m1/s1. The lowest BCUT2D eigenvalue weighted by Gasteiger charge is -2.24. The number of benzene rings is 1. The van der Waals surface area contributed by atoms with Crippen molar-refractivity contribution < 1.29 is 19.5 Å². The number of hydrogen-bond donors (Lipinski definition) is 3. The predicted octanol–water partition coefficient (Wildman–Crippen LogP) is 3.68. The Morgan fingerprint density at radius 2 is 1.84 bits per heavy atom. The highest BCUT2D eigenvalue weighted by molar-refractivity contribution is 6.34. The van der Waals surface area contributed by atoms with Gasteiger partial charge in [0.05, 0.1) is 22.5 Å². The largest absolute Gasteiger partial charge is 0.481 e. The van der Waals surface area contributed by atoms with Crippen molar-refractivity contribution in [2.45, 2.75) is 32.6 Å². The minimum atomic E-state index is -0.990. The van der Waals surface area contributed by atoms with Crippen LogP contribution in [0.1, 0.15) is 32.6 Å². The van der Waals surface area contributed by atoms with E-state index in [1.165, 1.54) is 0 Å². The first-order valence-corrected chi connectivity index (χ1v) is 8.58. The smallest absolute Gasteiger partial charge is 0.307 e. The van der Waals surface area contributed by atoms with E-state index in [0.29, 0.717) is 35.7 Å². The van der Waals surface area contributed by atoms with Crippen molar-refractivity contribution >= 4 is 40.8 Å². The van der Waals surface area contributed by atoms with E-state index >= 15 is 0 Å². The van der Waals surface area contributed by atoms with Gasteiger partial charge in [0.2, 0.25) is 11.8 Å². The van der Waals surface area contributed by atoms with Gasteiger partial charge in [-0.3, -0.25) is 14.4 Å². The molecule has 0 saturated carbocycles. The zero-order valence-electron chi connectivity index (χ0n) is 13.9. The molecule has 0 bridgehead atoms. The molecule has 1 aliphatic rings. The van der Waals surface area contributed by atoms with Crippen molar-refractivity contribution in [3.05, 3.63) is 35.4 Å². The van der Waals surface area contributed by atoms with Crippen LogP contribution in [0.25, 0.3) is 0 Å². The van der Waals surface area contributed by atoms with Crippen molar-refractivity contribution in [2.24, 2.45) is 11.8 Å². The van der Waals surface area contributed by atoms with Crippen LogP contribution in [0.2, 0.25) is 5.02 Å². The lowest BCUT2D eigenvalue weighted by molar-refractivity contribution is -0.146. The van der Waals surface area contributed by atoms with Gasteiger partial charge in [0.15, 0.2) is 0 Å².